The fraction of sp³-hybridized carbons (Fsp3) is 0.643. The molecule has 6 nitrogen and oxygen atoms in total. The van der Waals surface area contributed by atoms with Gasteiger partial charge in [-0.1, -0.05) is 0 Å². The van der Waals surface area contributed by atoms with Crippen molar-refractivity contribution in [1.29, 1.82) is 0 Å². The molecule has 0 atom stereocenters. The topological polar surface area (TPSA) is 70.4 Å². The zero-order valence-corrected chi connectivity index (χ0v) is 12.3. The Labute approximate surface area is 119 Å². The Bertz CT molecular complexity index is 421. The quantitative estimate of drug-likeness (QED) is 0.592. The second kappa shape index (κ2) is 7.67. The Balaban J connectivity index is 2.03. The Hall–Kier alpha value is -1.85. The van der Waals surface area contributed by atoms with E-state index in [1.54, 1.807) is 0 Å². The van der Waals surface area contributed by atoms with Crippen LogP contribution < -0.4 is 0 Å². The lowest BCUT2D eigenvalue weighted by Crippen LogP contribution is -2.23. The lowest BCUT2D eigenvalue weighted by atomic mass is 10.1. The van der Waals surface area contributed by atoms with Crippen LogP contribution in [0.3, 0.4) is 0 Å². The summed E-state index contributed by atoms with van der Waals surface area (Å²) in [6, 6.07) is 0. The molecular formula is C14H22N2O4. The van der Waals surface area contributed by atoms with Crippen molar-refractivity contribution in [3.8, 4) is 0 Å². The van der Waals surface area contributed by atoms with Crippen LogP contribution in [0.4, 0.5) is 4.79 Å². The van der Waals surface area contributed by atoms with Crippen LogP contribution in [0.2, 0.25) is 0 Å². The van der Waals surface area contributed by atoms with Crippen molar-refractivity contribution in [2.45, 2.75) is 52.1 Å². The molecule has 0 aliphatic rings. The maximum absolute atomic E-state index is 11.4. The third-order valence-electron chi connectivity index (χ3n) is 2.39. The second-order valence-electron chi connectivity index (χ2n) is 5.48. The fourth-order valence-corrected chi connectivity index (χ4v) is 1.54. The van der Waals surface area contributed by atoms with E-state index in [2.05, 4.69) is 4.98 Å². The van der Waals surface area contributed by atoms with Crippen molar-refractivity contribution < 1.29 is 19.1 Å². The van der Waals surface area contributed by atoms with Gasteiger partial charge in [-0.05, 0) is 40.0 Å². The van der Waals surface area contributed by atoms with Gasteiger partial charge in [0.15, 0.2) is 0 Å². The zero-order chi connectivity index (χ0) is 15.0. The Kier molecular flexibility index (Phi) is 6.21. The molecule has 0 fully saturated rings. The molecule has 1 heterocycles. The van der Waals surface area contributed by atoms with Gasteiger partial charge in [-0.15, -0.1) is 0 Å². The summed E-state index contributed by atoms with van der Waals surface area (Å²) in [6.45, 7) is 5.88. The maximum Gasteiger partial charge on any atom is 0.419 e. The first kappa shape index (κ1) is 16.2. The summed E-state index contributed by atoms with van der Waals surface area (Å²) in [7, 11) is 0. The highest BCUT2D eigenvalue weighted by atomic mass is 16.6. The molecule has 0 bridgehead atoms. The summed E-state index contributed by atoms with van der Waals surface area (Å²) >= 11 is 0. The minimum Gasteiger partial charge on any atom is -0.460 e. The van der Waals surface area contributed by atoms with Crippen molar-refractivity contribution in [2.24, 2.45) is 0 Å². The molecule has 0 unspecified atom stereocenters. The summed E-state index contributed by atoms with van der Waals surface area (Å²) in [5, 5.41) is 0. The summed E-state index contributed by atoms with van der Waals surface area (Å²) in [4.78, 5) is 26.6. The molecule has 0 amide bonds. The molecule has 0 spiro atoms. The molecule has 0 saturated carbocycles. The molecule has 0 aliphatic carbocycles. The lowest BCUT2D eigenvalue weighted by Gasteiger charge is -2.19. The van der Waals surface area contributed by atoms with Gasteiger partial charge >= 0.3 is 12.1 Å². The summed E-state index contributed by atoms with van der Waals surface area (Å²) in [5.74, 6) is -0.187. The Morgan fingerprint density at radius 2 is 1.95 bits per heavy atom. The monoisotopic (exact) mass is 282 g/mol. The minimum atomic E-state index is -0.436. The molecule has 0 aromatic carbocycles. The summed E-state index contributed by atoms with van der Waals surface area (Å²) in [6.07, 6.45) is 6.68. The first-order valence-electron chi connectivity index (χ1n) is 6.75. The van der Waals surface area contributed by atoms with Crippen LogP contribution in [0.25, 0.3) is 0 Å². The molecule has 0 N–H and O–H groups in total. The number of carbonyl (C=O) groups is 2. The van der Waals surface area contributed by atoms with Gasteiger partial charge in [0.05, 0.1) is 6.61 Å². The van der Waals surface area contributed by atoms with E-state index in [4.69, 9.17) is 9.47 Å². The van der Waals surface area contributed by atoms with E-state index in [-0.39, 0.29) is 5.97 Å². The van der Waals surface area contributed by atoms with Crippen molar-refractivity contribution in [2.75, 3.05) is 6.61 Å². The largest absolute Gasteiger partial charge is 0.460 e. The van der Waals surface area contributed by atoms with Crippen LogP contribution in [0, 0.1) is 0 Å². The molecule has 6 heteroatoms. The molecular weight excluding hydrogens is 260 g/mol. The molecule has 0 aliphatic heterocycles. The van der Waals surface area contributed by atoms with Gasteiger partial charge in [-0.2, -0.15) is 0 Å². The third kappa shape index (κ3) is 6.92. The van der Waals surface area contributed by atoms with E-state index in [1.807, 2.05) is 20.8 Å². The van der Waals surface area contributed by atoms with Gasteiger partial charge in [0.25, 0.3) is 0 Å². The molecule has 0 saturated heterocycles. The molecule has 1 aromatic heterocycles. The first-order valence-corrected chi connectivity index (χ1v) is 6.75. The normalized spacial score (nSPS) is 11.2. The van der Waals surface area contributed by atoms with Crippen LogP contribution >= 0.6 is 0 Å². The fourth-order valence-electron chi connectivity index (χ4n) is 1.54. The molecule has 0 radical (unpaired) electrons. The standard InChI is InChI=1S/C14H22N2O4/c1-14(2,3)20-12(17)7-5-4-6-10-19-13(18)16-9-8-15-11-16/h8-9,11H,4-7,10H2,1-3H3. The SMILES string of the molecule is CC(C)(C)OC(=O)CCCCCOC(=O)n1ccnc1. The number of rotatable bonds is 6. The number of hydrogen-bond acceptors (Lipinski definition) is 5. The number of esters is 1. The van der Waals surface area contributed by atoms with Crippen molar-refractivity contribution in [1.82, 2.24) is 9.55 Å². The highest BCUT2D eigenvalue weighted by molar-refractivity contribution is 5.70. The number of unbranched alkanes of at least 4 members (excludes halogenated alkanes) is 2. The highest BCUT2D eigenvalue weighted by Gasteiger charge is 2.15. The van der Waals surface area contributed by atoms with E-state index in [0.717, 1.165) is 19.3 Å². The van der Waals surface area contributed by atoms with Gasteiger partial charge < -0.3 is 9.47 Å². The van der Waals surface area contributed by atoms with Gasteiger partial charge in [0.1, 0.15) is 11.9 Å². The van der Waals surface area contributed by atoms with Crippen molar-refractivity contribution in [3.05, 3.63) is 18.7 Å². The highest BCUT2D eigenvalue weighted by Crippen LogP contribution is 2.10. The van der Waals surface area contributed by atoms with Gasteiger partial charge in [-0.25, -0.2) is 14.3 Å². The summed E-state index contributed by atoms with van der Waals surface area (Å²) < 4.78 is 11.5. The Morgan fingerprint density at radius 1 is 1.20 bits per heavy atom. The molecule has 1 rings (SSSR count). The van der Waals surface area contributed by atoms with Crippen LogP contribution in [0.5, 0.6) is 0 Å². The van der Waals surface area contributed by atoms with E-state index >= 15 is 0 Å². The minimum absolute atomic E-state index is 0.187. The van der Waals surface area contributed by atoms with Crippen molar-refractivity contribution >= 4 is 12.1 Å². The average molecular weight is 282 g/mol. The number of aromatic nitrogens is 2. The van der Waals surface area contributed by atoms with Gasteiger partial charge in [0, 0.05) is 18.8 Å². The predicted molar refractivity (Wildman–Crippen MR) is 73.3 cm³/mol. The average Bonchev–Trinajstić information content (AvgIpc) is 2.84. The van der Waals surface area contributed by atoms with Crippen LogP contribution in [0.1, 0.15) is 46.5 Å². The second-order valence-corrected chi connectivity index (χ2v) is 5.48. The van der Waals surface area contributed by atoms with E-state index in [0.29, 0.717) is 13.0 Å². The number of hydrogen-bond donors (Lipinski definition) is 0. The molecule has 112 valence electrons. The van der Waals surface area contributed by atoms with Crippen LogP contribution in [-0.2, 0) is 14.3 Å². The van der Waals surface area contributed by atoms with Gasteiger partial charge in [0.2, 0.25) is 0 Å². The van der Waals surface area contributed by atoms with E-state index < -0.39 is 11.7 Å². The zero-order valence-electron chi connectivity index (χ0n) is 12.3. The predicted octanol–water partition coefficient (Wildman–Crippen LogP) is 2.77. The number of ether oxygens (including phenoxy) is 2. The van der Waals surface area contributed by atoms with Crippen LogP contribution in [-0.4, -0.2) is 33.8 Å². The third-order valence-corrected chi connectivity index (χ3v) is 2.39. The van der Waals surface area contributed by atoms with E-state index in [1.165, 1.54) is 23.3 Å². The lowest BCUT2D eigenvalue weighted by molar-refractivity contribution is -0.154. The molecule has 1 aromatic rings. The maximum atomic E-state index is 11.4. The number of carbonyl (C=O) groups excluding carboxylic acids is 2. The van der Waals surface area contributed by atoms with Crippen molar-refractivity contribution in [3.63, 3.8) is 0 Å². The first-order chi connectivity index (χ1) is 9.38. The number of imidazole rings is 1. The summed E-state index contributed by atoms with van der Waals surface area (Å²) in [5.41, 5.74) is -0.433. The number of nitrogens with zero attached hydrogens (tertiary/aromatic N) is 2. The smallest absolute Gasteiger partial charge is 0.419 e. The Morgan fingerprint density at radius 3 is 2.55 bits per heavy atom. The van der Waals surface area contributed by atoms with Crippen LogP contribution in [0.15, 0.2) is 18.7 Å². The van der Waals surface area contributed by atoms with Gasteiger partial charge in [-0.3, -0.25) is 4.79 Å². The molecule has 20 heavy (non-hydrogen) atoms. The van der Waals surface area contributed by atoms with E-state index in [9.17, 15) is 9.59 Å².